The highest BCUT2D eigenvalue weighted by molar-refractivity contribution is 5.95. The van der Waals surface area contributed by atoms with E-state index in [9.17, 15) is 4.79 Å². The van der Waals surface area contributed by atoms with Gasteiger partial charge in [0.1, 0.15) is 0 Å². The number of hydrogen-bond acceptors (Lipinski definition) is 3. The quantitative estimate of drug-likeness (QED) is 0.0647. The largest absolute Gasteiger partial charge is 0.379 e. The Balaban J connectivity index is 4.42. The number of hydrogen-bond donors (Lipinski definition) is 0. The van der Waals surface area contributed by atoms with Crippen molar-refractivity contribution in [2.75, 3.05) is 14.2 Å². The van der Waals surface area contributed by atoms with Gasteiger partial charge in [-0.3, -0.25) is 4.79 Å². The van der Waals surface area contributed by atoms with Crippen molar-refractivity contribution >= 4 is 5.78 Å². The molecule has 0 aromatic carbocycles. The maximum Gasteiger partial charge on any atom is 0.158 e. The molecule has 3 nitrogen and oxygen atoms in total. The summed E-state index contributed by atoms with van der Waals surface area (Å²) in [4.78, 5) is 12.3. The van der Waals surface area contributed by atoms with Crippen molar-refractivity contribution in [2.45, 2.75) is 125 Å². The van der Waals surface area contributed by atoms with Crippen LogP contribution < -0.4 is 0 Å². The van der Waals surface area contributed by atoms with Gasteiger partial charge in [-0.15, -0.1) is 0 Å². The molecule has 0 fully saturated rings. The first-order valence-corrected chi connectivity index (χ1v) is 17.1. The zero-order chi connectivity index (χ0) is 34.3. The van der Waals surface area contributed by atoms with E-state index in [0.29, 0.717) is 30.1 Å². The molecule has 0 aliphatic carbocycles. The highest BCUT2D eigenvalue weighted by Crippen LogP contribution is 2.19. The van der Waals surface area contributed by atoms with Gasteiger partial charge in [0.25, 0.3) is 0 Å². The van der Waals surface area contributed by atoms with Gasteiger partial charge in [-0.05, 0) is 109 Å². The topological polar surface area (TPSA) is 35.5 Å². The Hall–Kier alpha value is -2.49. The van der Waals surface area contributed by atoms with Gasteiger partial charge in [0.05, 0.1) is 11.2 Å². The van der Waals surface area contributed by atoms with Crippen LogP contribution in [0.3, 0.4) is 0 Å². The van der Waals surface area contributed by atoms with Gasteiger partial charge in [-0.25, -0.2) is 0 Å². The average molecular weight is 621 g/mol. The van der Waals surface area contributed by atoms with Crippen LogP contribution in [0.2, 0.25) is 0 Å². The summed E-state index contributed by atoms with van der Waals surface area (Å²) in [5, 5.41) is 0. The van der Waals surface area contributed by atoms with Crippen LogP contribution in [0, 0.1) is 23.7 Å². The first-order chi connectivity index (χ1) is 21.1. The van der Waals surface area contributed by atoms with Crippen molar-refractivity contribution in [3.63, 3.8) is 0 Å². The number of methoxy groups -OCH3 is 2. The lowest BCUT2D eigenvalue weighted by Crippen LogP contribution is -2.23. The lowest BCUT2D eigenvalue weighted by molar-refractivity contribution is -0.116. The van der Waals surface area contributed by atoms with Gasteiger partial charge in [0.2, 0.25) is 0 Å². The third-order valence-corrected chi connectivity index (χ3v) is 8.29. The summed E-state index contributed by atoms with van der Waals surface area (Å²) in [5.41, 5.74) is 1.92. The molecular formula is C42H68O3. The maximum absolute atomic E-state index is 12.3. The number of ether oxygens (including phenoxy) is 2. The predicted octanol–water partition coefficient (Wildman–Crippen LogP) is 11.9. The Labute approximate surface area is 279 Å². The number of ketones is 1. The van der Waals surface area contributed by atoms with Crippen molar-refractivity contribution in [1.82, 2.24) is 0 Å². The Morgan fingerprint density at radius 2 is 1.09 bits per heavy atom. The van der Waals surface area contributed by atoms with E-state index >= 15 is 0 Å². The van der Waals surface area contributed by atoms with Gasteiger partial charge in [-0.1, -0.05) is 118 Å². The molecule has 0 radical (unpaired) electrons. The zero-order valence-corrected chi connectivity index (χ0v) is 31.1. The van der Waals surface area contributed by atoms with Crippen molar-refractivity contribution < 1.29 is 14.3 Å². The monoisotopic (exact) mass is 621 g/mol. The van der Waals surface area contributed by atoms with Crippen LogP contribution in [0.4, 0.5) is 0 Å². The molecule has 0 saturated carbocycles. The molecule has 0 spiro atoms. The SMILES string of the molecule is COC(C)(C)CCC/C(C)=C/C=C/C(C)C/C=C/C(C)/C=C/C=C/C(C)C/C=C/C(C)/C=C/C=C(\C)C(=O)CCC(C)(C)OC. The first kappa shape index (κ1) is 42.5. The Kier molecular flexibility index (Phi) is 22.5. The molecule has 0 saturated heterocycles. The van der Waals surface area contributed by atoms with Gasteiger partial charge in [0.15, 0.2) is 5.78 Å². The molecule has 0 aromatic rings. The Morgan fingerprint density at radius 3 is 1.64 bits per heavy atom. The summed E-state index contributed by atoms with van der Waals surface area (Å²) in [6, 6.07) is 0. The minimum absolute atomic E-state index is 0.0284. The molecule has 4 unspecified atom stereocenters. The van der Waals surface area contributed by atoms with Crippen LogP contribution in [0.15, 0.2) is 96.2 Å². The van der Waals surface area contributed by atoms with Crippen molar-refractivity contribution in [2.24, 2.45) is 23.7 Å². The smallest absolute Gasteiger partial charge is 0.158 e. The lowest BCUT2D eigenvalue weighted by atomic mass is 9.98. The molecule has 0 aliphatic heterocycles. The predicted molar refractivity (Wildman–Crippen MR) is 199 cm³/mol. The van der Waals surface area contributed by atoms with E-state index in [1.54, 1.807) is 14.2 Å². The highest BCUT2D eigenvalue weighted by atomic mass is 16.5. The molecule has 0 heterocycles. The molecule has 4 atom stereocenters. The second kappa shape index (κ2) is 23.8. The number of rotatable bonds is 23. The van der Waals surface area contributed by atoms with E-state index in [0.717, 1.165) is 44.1 Å². The van der Waals surface area contributed by atoms with Crippen molar-refractivity contribution in [1.29, 1.82) is 0 Å². The summed E-state index contributed by atoms with van der Waals surface area (Å²) in [6.45, 7) is 21.3. The summed E-state index contributed by atoms with van der Waals surface area (Å²) >= 11 is 0. The van der Waals surface area contributed by atoms with Gasteiger partial charge in [-0.2, -0.15) is 0 Å². The van der Waals surface area contributed by atoms with Crippen LogP contribution in [0.25, 0.3) is 0 Å². The zero-order valence-electron chi connectivity index (χ0n) is 31.1. The first-order valence-electron chi connectivity index (χ1n) is 17.1. The second-order valence-corrected chi connectivity index (χ2v) is 14.1. The third-order valence-electron chi connectivity index (χ3n) is 8.29. The standard InChI is InChI=1S/C42H68O3/c1-34(22-15-24-36(3)25-17-27-38(5)29-19-32-41(7,8)44-11)20-13-14-21-35(2)23-16-26-37(4)28-18-30-39(6)40(43)31-33-42(9,10)45-12/h13-18,20-22,25-28,30,34-37H,19,23-24,29,31-33H2,1-12H3/b20-13+,21-14+,22-15+,25-17+,26-16+,28-18+,38-27+,39-30+. The van der Waals surface area contributed by atoms with E-state index in [1.807, 2.05) is 32.9 Å². The molecule has 3 heteroatoms. The fourth-order valence-electron chi connectivity index (χ4n) is 4.36. The molecule has 254 valence electrons. The lowest BCUT2D eigenvalue weighted by Gasteiger charge is -2.22. The Morgan fingerprint density at radius 1 is 0.622 bits per heavy atom. The summed E-state index contributed by atoms with van der Waals surface area (Å²) in [5.74, 6) is 1.92. The van der Waals surface area contributed by atoms with Crippen molar-refractivity contribution in [3.8, 4) is 0 Å². The van der Waals surface area contributed by atoms with Crippen LogP contribution >= 0.6 is 0 Å². The molecule has 45 heavy (non-hydrogen) atoms. The second-order valence-electron chi connectivity index (χ2n) is 14.1. The normalized spacial score (nSPS) is 17.2. The van der Waals surface area contributed by atoms with Gasteiger partial charge in [0, 0.05) is 20.6 Å². The number of carbonyl (C=O) groups is 1. The fourth-order valence-corrected chi connectivity index (χ4v) is 4.36. The molecule has 0 amide bonds. The van der Waals surface area contributed by atoms with E-state index < -0.39 is 0 Å². The van der Waals surface area contributed by atoms with E-state index in [2.05, 4.69) is 121 Å². The summed E-state index contributed by atoms with van der Waals surface area (Å²) < 4.78 is 10.9. The molecule has 0 bridgehead atoms. The number of Topliss-reactive ketones (excluding diaryl/α,β-unsaturated/α-hetero) is 1. The van der Waals surface area contributed by atoms with E-state index in [1.165, 1.54) is 5.57 Å². The third kappa shape index (κ3) is 24.4. The highest BCUT2D eigenvalue weighted by Gasteiger charge is 2.18. The Bertz CT molecular complexity index is 1060. The summed E-state index contributed by atoms with van der Waals surface area (Å²) in [6.07, 6.45) is 37.4. The van der Waals surface area contributed by atoms with Gasteiger partial charge < -0.3 is 9.47 Å². The summed E-state index contributed by atoms with van der Waals surface area (Å²) in [7, 11) is 3.48. The molecule has 0 aromatic heterocycles. The van der Waals surface area contributed by atoms with Crippen LogP contribution in [0.1, 0.15) is 114 Å². The molecule has 0 aliphatic rings. The van der Waals surface area contributed by atoms with E-state index in [4.69, 9.17) is 9.47 Å². The van der Waals surface area contributed by atoms with Gasteiger partial charge >= 0.3 is 0 Å². The van der Waals surface area contributed by atoms with Crippen LogP contribution in [-0.2, 0) is 14.3 Å². The van der Waals surface area contributed by atoms with Crippen molar-refractivity contribution in [3.05, 3.63) is 96.2 Å². The minimum Gasteiger partial charge on any atom is -0.379 e. The van der Waals surface area contributed by atoms with Crippen LogP contribution in [0.5, 0.6) is 0 Å². The minimum atomic E-state index is -0.263. The average Bonchev–Trinajstić information content (AvgIpc) is 2.98. The number of allylic oxidation sites excluding steroid dienone is 16. The molecular weight excluding hydrogens is 552 g/mol. The van der Waals surface area contributed by atoms with E-state index in [-0.39, 0.29) is 17.0 Å². The van der Waals surface area contributed by atoms with Crippen LogP contribution in [-0.4, -0.2) is 31.2 Å². The molecule has 0 rings (SSSR count). The fraction of sp³-hybridized carbons (Fsp3) is 0.595. The number of carbonyl (C=O) groups excluding carboxylic acids is 1. The molecule has 0 N–H and O–H groups in total. The maximum atomic E-state index is 12.3.